The van der Waals surface area contributed by atoms with E-state index < -0.39 is 0 Å². The van der Waals surface area contributed by atoms with Gasteiger partial charge in [-0.3, -0.25) is 9.36 Å². The molecule has 1 N–H and O–H groups in total. The van der Waals surface area contributed by atoms with Crippen molar-refractivity contribution in [2.24, 2.45) is 0 Å². The van der Waals surface area contributed by atoms with Gasteiger partial charge in [-0.15, -0.1) is 0 Å². The minimum atomic E-state index is -0.346. The zero-order valence-electron chi connectivity index (χ0n) is 14.8. The van der Waals surface area contributed by atoms with Crippen LogP contribution in [-0.2, 0) is 6.54 Å². The first-order valence-corrected chi connectivity index (χ1v) is 9.14. The van der Waals surface area contributed by atoms with E-state index in [4.69, 9.17) is 21.1 Å². The molecule has 0 bridgehead atoms. The second kappa shape index (κ2) is 7.90. The normalized spacial score (nSPS) is 13.1. The molecule has 6 nitrogen and oxygen atoms in total. The van der Waals surface area contributed by atoms with Crippen LogP contribution in [0.4, 0.5) is 4.39 Å². The Bertz CT molecular complexity index is 1000. The van der Waals surface area contributed by atoms with Gasteiger partial charge >= 0.3 is 0 Å². The Morgan fingerprint density at radius 2 is 2.00 bits per heavy atom. The Labute approximate surface area is 165 Å². The predicted molar refractivity (Wildman–Crippen MR) is 102 cm³/mol. The summed E-state index contributed by atoms with van der Waals surface area (Å²) in [7, 11) is 0. The van der Waals surface area contributed by atoms with Crippen molar-refractivity contribution in [3.8, 4) is 17.2 Å². The highest BCUT2D eigenvalue weighted by Crippen LogP contribution is 2.37. The fraction of sp³-hybridized carbons (Fsp3) is 0.200. The van der Waals surface area contributed by atoms with Gasteiger partial charge < -0.3 is 14.8 Å². The third kappa shape index (κ3) is 3.80. The zero-order valence-corrected chi connectivity index (χ0v) is 15.6. The number of carbonyl (C=O) groups is 1. The first kappa shape index (κ1) is 18.3. The Kier molecular flexibility index (Phi) is 5.16. The van der Waals surface area contributed by atoms with Crippen LogP contribution in [0.25, 0.3) is 5.69 Å². The molecule has 2 heterocycles. The number of nitrogens with one attached hydrogen (secondary N) is 1. The Balaban J connectivity index is 1.50. The SMILES string of the molecule is O=C(NCc1cc(Cl)c2c(c1)OCCCO2)c1cncn1-c1ccc(F)cc1. The minimum absolute atomic E-state index is 0.254. The molecule has 0 saturated carbocycles. The number of amides is 1. The van der Waals surface area contributed by atoms with E-state index in [2.05, 4.69) is 10.3 Å². The van der Waals surface area contributed by atoms with E-state index >= 15 is 0 Å². The van der Waals surface area contributed by atoms with Crippen molar-refractivity contribution in [1.82, 2.24) is 14.9 Å². The van der Waals surface area contributed by atoms with Gasteiger partial charge in [-0.05, 0) is 42.0 Å². The van der Waals surface area contributed by atoms with Crippen LogP contribution in [0.1, 0.15) is 22.5 Å². The van der Waals surface area contributed by atoms with Gasteiger partial charge in [0.05, 0.1) is 30.8 Å². The summed E-state index contributed by atoms with van der Waals surface area (Å²) in [5.74, 6) is 0.445. The molecule has 0 saturated heterocycles. The highest BCUT2D eigenvalue weighted by molar-refractivity contribution is 6.32. The molecule has 0 radical (unpaired) electrons. The van der Waals surface area contributed by atoms with Crippen LogP contribution >= 0.6 is 11.6 Å². The number of aromatic nitrogens is 2. The maximum Gasteiger partial charge on any atom is 0.270 e. The maximum atomic E-state index is 13.1. The molecule has 4 rings (SSSR count). The standard InChI is InChI=1S/C20H17ClFN3O3/c21-16-8-13(9-18-19(16)28-7-1-6-27-18)10-24-20(26)17-11-23-12-25(17)15-4-2-14(22)3-5-15/h2-5,8-9,11-12H,1,6-7,10H2,(H,24,26). The third-order valence-electron chi connectivity index (χ3n) is 4.29. The van der Waals surface area contributed by atoms with Gasteiger partial charge in [0.1, 0.15) is 11.5 Å². The second-order valence-electron chi connectivity index (χ2n) is 6.26. The van der Waals surface area contributed by atoms with Gasteiger partial charge in [0.15, 0.2) is 11.5 Å². The van der Waals surface area contributed by atoms with E-state index in [0.29, 0.717) is 41.1 Å². The summed E-state index contributed by atoms with van der Waals surface area (Å²) < 4.78 is 26.0. The van der Waals surface area contributed by atoms with E-state index in [-0.39, 0.29) is 18.3 Å². The summed E-state index contributed by atoms with van der Waals surface area (Å²) >= 11 is 6.29. The number of benzene rings is 2. The first-order valence-electron chi connectivity index (χ1n) is 8.76. The lowest BCUT2D eigenvalue weighted by Gasteiger charge is -2.13. The molecule has 28 heavy (non-hydrogen) atoms. The van der Waals surface area contributed by atoms with Crippen LogP contribution in [-0.4, -0.2) is 28.7 Å². The average Bonchev–Trinajstić information content (AvgIpc) is 3.05. The molecular formula is C20H17ClFN3O3. The van der Waals surface area contributed by atoms with Gasteiger partial charge in [0.25, 0.3) is 5.91 Å². The quantitative estimate of drug-likeness (QED) is 0.723. The van der Waals surface area contributed by atoms with Gasteiger partial charge in [-0.1, -0.05) is 11.6 Å². The van der Waals surface area contributed by atoms with Crippen molar-refractivity contribution in [3.63, 3.8) is 0 Å². The lowest BCUT2D eigenvalue weighted by atomic mass is 10.2. The van der Waals surface area contributed by atoms with Gasteiger partial charge in [0, 0.05) is 18.7 Å². The summed E-state index contributed by atoms with van der Waals surface area (Å²) in [6.45, 7) is 1.36. The van der Waals surface area contributed by atoms with E-state index in [1.54, 1.807) is 22.8 Å². The molecule has 0 spiro atoms. The van der Waals surface area contributed by atoms with Crippen molar-refractivity contribution < 1.29 is 18.7 Å². The number of fused-ring (bicyclic) bond motifs is 1. The Hall–Kier alpha value is -3.06. The number of nitrogens with zero attached hydrogens (tertiary/aromatic N) is 2. The van der Waals surface area contributed by atoms with E-state index in [1.165, 1.54) is 24.7 Å². The van der Waals surface area contributed by atoms with Gasteiger partial charge in [-0.2, -0.15) is 0 Å². The molecule has 8 heteroatoms. The van der Waals surface area contributed by atoms with Crippen LogP contribution < -0.4 is 14.8 Å². The highest BCUT2D eigenvalue weighted by Gasteiger charge is 2.17. The lowest BCUT2D eigenvalue weighted by molar-refractivity contribution is 0.0944. The van der Waals surface area contributed by atoms with Crippen molar-refractivity contribution in [1.29, 1.82) is 0 Å². The number of hydrogen-bond acceptors (Lipinski definition) is 4. The van der Waals surface area contributed by atoms with Crippen molar-refractivity contribution in [3.05, 3.63) is 71.0 Å². The van der Waals surface area contributed by atoms with Gasteiger partial charge in [0.2, 0.25) is 0 Å². The molecular weight excluding hydrogens is 385 g/mol. The minimum Gasteiger partial charge on any atom is -0.489 e. The van der Waals surface area contributed by atoms with Crippen LogP contribution in [0.15, 0.2) is 48.9 Å². The average molecular weight is 402 g/mol. The lowest BCUT2D eigenvalue weighted by Crippen LogP contribution is -2.25. The fourth-order valence-electron chi connectivity index (χ4n) is 2.93. The second-order valence-corrected chi connectivity index (χ2v) is 6.67. The molecule has 144 valence electrons. The third-order valence-corrected chi connectivity index (χ3v) is 4.57. The van der Waals surface area contributed by atoms with Crippen LogP contribution in [0.3, 0.4) is 0 Å². The van der Waals surface area contributed by atoms with Crippen LogP contribution in [0, 0.1) is 5.82 Å². The van der Waals surface area contributed by atoms with E-state index in [0.717, 1.165) is 12.0 Å². The maximum absolute atomic E-state index is 13.1. The molecule has 3 aromatic rings. The summed E-state index contributed by atoms with van der Waals surface area (Å²) in [6, 6.07) is 9.37. The number of ether oxygens (including phenoxy) is 2. The van der Waals surface area contributed by atoms with Crippen molar-refractivity contribution in [2.45, 2.75) is 13.0 Å². The largest absolute Gasteiger partial charge is 0.489 e. The van der Waals surface area contributed by atoms with Crippen molar-refractivity contribution in [2.75, 3.05) is 13.2 Å². The molecule has 0 unspecified atom stereocenters. The number of carbonyl (C=O) groups excluding carboxylic acids is 1. The Morgan fingerprint density at radius 3 is 2.82 bits per heavy atom. The molecule has 0 aliphatic carbocycles. The molecule has 2 aromatic carbocycles. The zero-order chi connectivity index (χ0) is 19.5. The highest BCUT2D eigenvalue weighted by atomic mass is 35.5. The Morgan fingerprint density at radius 1 is 1.21 bits per heavy atom. The molecule has 1 amide bonds. The number of hydrogen-bond donors (Lipinski definition) is 1. The van der Waals surface area contributed by atoms with E-state index in [1.807, 2.05) is 6.07 Å². The summed E-state index contributed by atoms with van der Waals surface area (Å²) in [4.78, 5) is 16.7. The molecule has 1 aliphatic heterocycles. The molecule has 1 aliphatic rings. The monoisotopic (exact) mass is 401 g/mol. The topological polar surface area (TPSA) is 65.4 Å². The molecule has 0 fully saturated rings. The number of imidazole rings is 1. The first-order chi connectivity index (χ1) is 13.6. The number of halogens is 2. The summed E-state index contributed by atoms with van der Waals surface area (Å²) in [5.41, 5.74) is 1.77. The number of rotatable bonds is 4. The van der Waals surface area contributed by atoms with Crippen molar-refractivity contribution >= 4 is 17.5 Å². The van der Waals surface area contributed by atoms with Gasteiger partial charge in [-0.25, -0.2) is 9.37 Å². The molecule has 0 atom stereocenters. The fourth-order valence-corrected chi connectivity index (χ4v) is 3.22. The molecule has 1 aromatic heterocycles. The predicted octanol–water partition coefficient (Wildman–Crippen LogP) is 3.76. The summed E-state index contributed by atoms with van der Waals surface area (Å²) in [5, 5.41) is 3.29. The van der Waals surface area contributed by atoms with Crippen LogP contribution in [0.2, 0.25) is 5.02 Å². The van der Waals surface area contributed by atoms with Crippen LogP contribution in [0.5, 0.6) is 11.5 Å². The summed E-state index contributed by atoms with van der Waals surface area (Å²) in [6.07, 6.45) is 3.75. The van der Waals surface area contributed by atoms with E-state index in [9.17, 15) is 9.18 Å². The smallest absolute Gasteiger partial charge is 0.270 e.